The lowest BCUT2D eigenvalue weighted by Crippen LogP contribution is -2.47. The van der Waals surface area contributed by atoms with Gasteiger partial charge in [0.1, 0.15) is 0 Å². The molecule has 0 aliphatic heterocycles. The Labute approximate surface area is 203 Å². The monoisotopic (exact) mass is 510 g/mol. The van der Waals surface area contributed by atoms with E-state index in [4.69, 9.17) is 5.73 Å². The summed E-state index contributed by atoms with van der Waals surface area (Å²) in [5, 5.41) is 12.5. The van der Waals surface area contributed by atoms with Gasteiger partial charge in [0.2, 0.25) is 0 Å². The molecule has 1 aliphatic carbocycles. The van der Waals surface area contributed by atoms with Gasteiger partial charge in [-0.15, -0.1) is 0 Å². The molecule has 190 valence electrons. The van der Waals surface area contributed by atoms with Crippen molar-refractivity contribution >= 4 is 21.4 Å². The van der Waals surface area contributed by atoms with E-state index in [9.17, 15) is 31.5 Å². The van der Waals surface area contributed by atoms with Gasteiger partial charge in [-0.1, -0.05) is 30.3 Å². The molecule has 1 fully saturated rings. The van der Waals surface area contributed by atoms with Crippen molar-refractivity contribution in [2.75, 3.05) is 12.3 Å². The highest BCUT2D eigenvalue weighted by Gasteiger charge is 2.33. The summed E-state index contributed by atoms with van der Waals surface area (Å²) >= 11 is 0. The lowest BCUT2D eigenvalue weighted by atomic mass is 9.83. The normalized spacial score (nSPS) is 21.6. The van der Waals surface area contributed by atoms with Crippen LogP contribution in [0.4, 0.5) is 13.2 Å². The second-order valence-electron chi connectivity index (χ2n) is 8.82. The van der Waals surface area contributed by atoms with E-state index in [0.29, 0.717) is 19.3 Å². The molecule has 2 aromatic carbocycles. The summed E-state index contributed by atoms with van der Waals surface area (Å²) in [6.07, 6.45) is -1.58. The molecular weight excluding hydrogens is 481 g/mol. The molecule has 3 rings (SSSR count). The van der Waals surface area contributed by atoms with Crippen molar-refractivity contribution in [1.82, 2.24) is 5.32 Å². The third-order valence-corrected chi connectivity index (χ3v) is 8.08. The number of benzene rings is 2. The quantitative estimate of drug-likeness (QED) is 0.438. The second kappa shape index (κ2) is 11.4. The fourth-order valence-electron chi connectivity index (χ4n) is 4.50. The number of hydrogen-bond donors (Lipinski definition) is 3. The average Bonchev–Trinajstić information content (AvgIpc) is 2.79. The summed E-state index contributed by atoms with van der Waals surface area (Å²) < 4.78 is 65.2. The van der Waals surface area contributed by atoms with Gasteiger partial charge in [0.05, 0.1) is 16.2 Å². The maximum atomic E-state index is 13.1. The lowest BCUT2D eigenvalue weighted by Gasteiger charge is -2.35. The van der Waals surface area contributed by atoms with E-state index in [0.717, 1.165) is 18.2 Å². The molecule has 0 unspecified atom stereocenters. The van der Waals surface area contributed by atoms with Crippen molar-refractivity contribution in [1.29, 1.82) is 0 Å². The van der Waals surface area contributed by atoms with Crippen LogP contribution in [-0.2, 0) is 20.8 Å². The van der Waals surface area contributed by atoms with Crippen LogP contribution in [0.3, 0.4) is 0 Å². The molecular formula is C25H29F3N2O4S. The predicted molar refractivity (Wildman–Crippen MR) is 127 cm³/mol. The fourth-order valence-corrected chi connectivity index (χ4v) is 6.19. The molecule has 10 heteroatoms. The number of halogens is 3. The Morgan fingerprint density at radius 1 is 1.11 bits per heavy atom. The van der Waals surface area contributed by atoms with Gasteiger partial charge in [-0.05, 0) is 73.5 Å². The number of sulfone groups is 1. The van der Waals surface area contributed by atoms with Gasteiger partial charge < -0.3 is 16.2 Å². The van der Waals surface area contributed by atoms with Gasteiger partial charge in [0, 0.05) is 18.2 Å². The molecule has 0 saturated heterocycles. The first-order valence-corrected chi connectivity index (χ1v) is 13.0. The first-order chi connectivity index (χ1) is 16.5. The van der Waals surface area contributed by atoms with E-state index in [2.05, 4.69) is 5.32 Å². The summed E-state index contributed by atoms with van der Waals surface area (Å²) in [6.45, 7) is 0.275. The summed E-state index contributed by atoms with van der Waals surface area (Å²) in [6, 6.07) is 12.5. The minimum Gasteiger partial charge on any atom is -0.478 e. The minimum atomic E-state index is -4.54. The third kappa shape index (κ3) is 7.65. The molecule has 1 saturated carbocycles. The van der Waals surface area contributed by atoms with Gasteiger partial charge in [-0.3, -0.25) is 0 Å². The number of hydrogen-bond acceptors (Lipinski definition) is 5. The maximum absolute atomic E-state index is 13.1. The topological polar surface area (TPSA) is 109 Å². The van der Waals surface area contributed by atoms with Gasteiger partial charge in [-0.25, -0.2) is 13.2 Å². The van der Waals surface area contributed by atoms with Crippen LogP contribution in [-0.4, -0.2) is 43.9 Å². The molecule has 1 aliphatic rings. The highest BCUT2D eigenvalue weighted by molar-refractivity contribution is 7.91. The molecule has 6 nitrogen and oxygen atoms in total. The fraction of sp³-hybridized carbons (Fsp3) is 0.400. The van der Waals surface area contributed by atoms with Crippen LogP contribution in [0, 0.1) is 5.92 Å². The SMILES string of the molecule is N[C@@H]1CC[C@H](NCCC(=CC(=O)O)c2cccc(C(F)(F)F)c2)[C@H](CS(=O)(=O)c2ccccc2)C1. The number of alkyl halides is 3. The number of carbonyl (C=O) groups is 1. The molecule has 0 aromatic heterocycles. The van der Waals surface area contributed by atoms with Gasteiger partial charge in [0.25, 0.3) is 0 Å². The number of nitrogens with two attached hydrogens (primary N) is 1. The van der Waals surface area contributed by atoms with E-state index in [1.54, 1.807) is 30.3 Å². The highest BCUT2D eigenvalue weighted by atomic mass is 32.2. The number of aliphatic carboxylic acids is 1. The first kappa shape index (κ1) is 26.9. The number of carboxylic acid groups (broad SMARTS) is 1. The molecule has 35 heavy (non-hydrogen) atoms. The Kier molecular flexibility index (Phi) is 8.74. The van der Waals surface area contributed by atoms with E-state index < -0.39 is 27.5 Å². The second-order valence-corrected chi connectivity index (χ2v) is 10.9. The number of nitrogens with one attached hydrogen (secondary N) is 1. The van der Waals surface area contributed by atoms with Crippen LogP contribution in [0.1, 0.15) is 36.8 Å². The van der Waals surface area contributed by atoms with Crippen LogP contribution in [0.2, 0.25) is 0 Å². The standard InChI is InChI=1S/C25H29F3N2O4S/c26-25(27,28)20-6-4-5-17(13-20)18(15-24(31)32)11-12-30-23-10-9-21(29)14-19(23)16-35(33,34)22-7-2-1-3-8-22/h1-8,13,15,19,21,23,30H,9-12,14,16,29H2,(H,31,32)/t19-,21+,23-/m0/s1. The minimum absolute atomic E-state index is 0.0756. The van der Waals surface area contributed by atoms with E-state index in [1.807, 2.05) is 0 Å². The van der Waals surface area contributed by atoms with E-state index in [1.165, 1.54) is 12.1 Å². The van der Waals surface area contributed by atoms with Crippen molar-refractivity contribution in [3.63, 3.8) is 0 Å². The summed E-state index contributed by atoms with van der Waals surface area (Å²) in [5.74, 6) is -1.58. The molecule has 0 amide bonds. The number of carboxylic acids is 1. The van der Waals surface area contributed by atoms with Crippen LogP contribution in [0.5, 0.6) is 0 Å². The number of rotatable bonds is 9. The molecule has 3 atom stereocenters. The first-order valence-electron chi connectivity index (χ1n) is 11.3. The Balaban J connectivity index is 1.71. The Morgan fingerprint density at radius 2 is 1.83 bits per heavy atom. The Hall–Kier alpha value is -2.69. The molecule has 0 heterocycles. The lowest BCUT2D eigenvalue weighted by molar-refractivity contribution is -0.137. The molecule has 0 spiro atoms. The van der Waals surface area contributed by atoms with Crippen LogP contribution in [0.15, 0.2) is 65.6 Å². The van der Waals surface area contributed by atoms with Crippen molar-refractivity contribution in [3.05, 3.63) is 71.8 Å². The third-order valence-electron chi connectivity index (χ3n) is 6.22. The van der Waals surface area contributed by atoms with Crippen molar-refractivity contribution < 1.29 is 31.5 Å². The van der Waals surface area contributed by atoms with Crippen molar-refractivity contribution in [2.24, 2.45) is 11.7 Å². The zero-order chi connectivity index (χ0) is 25.6. The molecule has 2 aromatic rings. The van der Waals surface area contributed by atoms with Gasteiger partial charge in [0.15, 0.2) is 9.84 Å². The Morgan fingerprint density at radius 3 is 2.49 bits per heavy atom. The van der Waals surface area contributed by atoms with Gasteiger partial charge >= 0.3 is 12.1 Å². The van der Waals surface area contributed by atoms with Crippen LogP contribution < -0.4 is 11.1 Å². The van der Waals surface area contributed by atoms with E-state index in [-0.39, 0.29) is 52.8 Å². The van der Waals surface area contributed by atoms with Crippen molar-refractivity contribution in [3.8, 4) is 0 Å². The zero-order valence-corrected chi connectivity index (χ0v) is 19.9. The molecule has 0 radical (unpaired) electrons. The van der Waals surface area contributed by atoms with Crippen LogP contribution in [0.25, 0.3) is 5.57 Å². The van der Waals surface area contributed by atoms with Gasteiger partial charge in [-0.2, -0.15) is 13.2 Å². The summed E-state index contributed by atoms with van der Waals surface area (Å²) in [7, 11) is -3.53. The molecule has 4 N–H and O–H groups in total. The van der Waals surface area contributed by atoms with Crippen LogP contribution >= 0.6 is 0 Å². The summed E-state index contributed by atoms with van der Waals surface area (Å²) in [4.78, 5) is 11.6. The maximum Gasteiger partial charge on any atom is 0.416 e. The highest BCUT2D eigenvalue weighted by Crippen LogP contribution is 2.32. The predicted octanol–water partition coefficient (Wildman–Crippen LogP) is 4.12. The largest absolute Gasteiger partial charge is 0.478 e. The zero-order valence-electron chi connectivity index (χ0n) is 19.0. The van der Waals surface area contributed by atoms with E-state index >= 15 is 0 Å². The van der Waals surface area contributed by atoms with Crippen molar-refractivity contribution in [2.45, 2.75) is 48.8 Å². The smallest absolute Gasteiger partial charge is 0.416 e. The Bertz CT molecular complexity index is 1150. The molecule has 0 bridgehead atoms. The summed E-state index contributed by atoms with van der Waals surface area (Å²) in [5.41, 5.74) is 5.68. The average molecular weight is 511 g/mol.